The molecule has 1 fully saturated rings. The zero-order valence-electron chi connectivity index (χ0n) is 6.16. The Labute approximate surface area is 59.7 Å². The van der Waals surface area contributed by atoms with Crippen molar-refractivity contribution < 1.29 is 14.3 Å². The predicted molar refractivity (Wildman–Crippen MR) is 34.8 cm³/mol. The molecular formula is C6H11NO3. The van der Waals surface area contributed by atoms with Crippen molar-refractivity contribution in [2.24, 2.45) is 0 Å². The lowest BCUT2D eigenvalue weighted by Gasteiger charge is -2.26. The fraction of sp³-hybridized carbons (Fsp3) is 0.833. The average molecular weight is 145 g/mol. The summed E-state index contributed by atoms with van der Waals surface area (Å²) in [4.78, 5) is 12.2. The molecule has 0 bridgehead atoms. The molecule has 1 aliphatic rings. The van der Waals surface area contributed by atoms with Crippen molar-refractivity contribution in [3.63, 3.8) is 0 Å². The van der Waals surface area contributed by atoms with Crippen molar-refractivity contribution in [3.8, 4) is 0 Å². The minimum absolute atomic E-state index is 0.0186. The van der Waals surface area contributed by atoms with Gasteiger partial charge in [-0.2, -0.15) is 0 Å². The third kappa shape index (κ3) is 1.60. The number of nitrogens with zero attached hydrogens (tertiary/aromatic N) is 1. The van der Waals surface area contributed by atoms with Crippen LogP contribution in [-0.2, 0) is 9.47 Å². The van der Waals surface area contributed by atoms with Gasteiger partial charge in [0.1, 0.15) is 0 Å². The summed E-state index contributed by atoms with van der Waals surface area (Å²) in [6.07, 6.45) is -0.316. The van der Waals surface area contributed by atoms with Gasteiger partial charge in [-0.3, -0.25) is 0 Å². The normalized spacial score (nSPS) is 17.8. The molecule has 1 amide bonds. The zero-order chi connectivity index (χ0) is 7.56. The maximum Gasteiger partial charge on any atom is 0.409 e. The Morgan fingerprint density at radius 1 is 1.60 bits per heavy atom. The SMILES string of the molecule is CN(C)C(=O)OC1COC1. The van der Waals surface area contributed by atoms with Gasteiger partial charge in [-0.1, -0.05) is 0 Å². The van der Waals surface area contributed by atoms with E-state index < -0.39 is 0 Å². The van der Waals surface area contributed by atoms with Crippen LogP contribution in [-0.4, -0.2) is 44.4 Å². The lowest BCUT2D eigenvalue weighted by molar-refractivity contribution is -0.103. The van der Waals surface area contributed by atoms with Crippen LogP contribution in [0, 0.1) is 0 Å². The number of hydrogen-bond donors (Lipinski definition) is 0. The van der Waals surface area contributed by atoms with Crippen LogP contribution in [0.25, 0.3) is 0 Å². The molecule has 4 heteroatoms. The number of amides is 1. The van der Waals surface area contributed by atoms with E-state index in [0.717, 1.165) is 0 Å². The summed E-state index contributed by atoms with van der Waals surface area (Å²) in [6.45, 7) is 1.08. The first-order valence-electron chi connectivity index (χ1n) is 3.16. The van der Waals surface area contributed by atoms with Crippen molar-refractivity contribution in [2.75, 3.05) is 27.3 Å². The van der Waals surface area contributed by atoms with Gasteiger partial charge in [0.2, 0.25) is 0 Å². The minimum Gasteiger partial charge on any atom is -0.441 e. The highest BCUT2D eigenvalue weighted by atomic mass is 16.6. The monoisotopic (exact) mass is 145 g/mol. The van der Waals surface area contributed by atoms with Gasteiger partial charge in [-0.05, 0) is 0 Å². The first-order chi connectivity index (χ1) is 4.70. The number of hydrogen-bond acceptors (Lipinski definition) is 3. The largest absolute Gasteiger partial charge is 0.441 e. The molecule has 0 spiro atoms. The van der Waals surface area contributed by atoms with Crippen LogP contribution in [0.15, 0.2) is 0 Å². The van der Waals surface area contributed by atoms with Gasteiger partial charge in [0.25, 0.3) is 0 Å². The number of ether oxygens (including phenoxy) is 2. The van der Waals surface area contributed by atoms with E-state index in [1.165, 1.54) is 4.90 Å². The van der Waals surface area contributed by atoms with Crippen LogP contribution in [0.3, 0.4) is 0 Å². The second-order valence-corrected chi connectivity index (χ2v) is 2.44. The Hall–Kier alpha value is -0.770. The predicted octanol–water partition coefficient (Wildman–Crippen LogP) is 0.0834. The van der Waals surface area contributed by atoms with E-state index >= 15 is 0 Å². The molecule has 0 aromatic rings. The molecule has 10 heavy (non-hydrogen) atoms. The second-order valence-electron chi connectivity index (χ2n) is 2.44. The molecule has 0 unspecified atom stereocenters. The molecule has 1 saturated heterocycles. The Kier molecular flexibility index (Phi) is 2.11. The molecule has 0 radical (unpaired) electrons. The van der Waals surface area contributed by atoms with Crippen molar-refractivity contribution in [1.82, 2.24) is 4.90 Å². The smallest absolute Gasteiger partial charge is 0.409 e. The fourth-order valence-electron chi connectivity index (χ4n) is 0.530. The third-order valence-electron chi connectivity index (χ3n) is 1.24. The first kappa shape index (κ1) is 7.34. The highest BCUT2D eigenvalue weighted by Crippen LogP contribution is 2.06. The minimum atomic E-state index is -0.298. The number of carbonyl (C=O) groups is 1. The van der Waals surface area contributed by atoms with Crippen LogP contribution in [0.5, 0.6) is 0 Å². The first-order valence-corrected chi connectivity index (χ1v) is 3.16. The maximum absolute atomic E-state index is 10.8. The molecule has 58 valence electrons. The van der Waals surface area contributed by atoms with E-state index in [1.807, 2.05) is 0 Å². The molecular weight excluding hydrogens is 134 g/mol. The molecule has 1 heterocycles. The lowest BCUT2D eigenvalue weighted by atomic mass is 10.3. The van der Waals surface area contributed by atoms with E-state index in [9.17, 15) is 4.79 Å². The van der Waals surface area contributed by atoms with Crippen LogP contribution >= 0.6 is 0 Å². The molecule has 0 N–H and O–H groups in total. The van der Waals surface area contributed by atoms with Gasteiger partial charge >= 0.3 is 6.09 Å². The summed E-state index contributed by atoms with van der Waals surface area (Å²) in [5.74, 6) is 0. The summed E-state index contributed by atoms with van der Waals surface area (Å²) >= 11 is 0. The van der Waals surface area contributed by atoms with E-state index in [2.05, 4.69) is 0 Å². The second kappa shape index (κ2) is 2.88. The fourth-order valence-corrected chi connectivity index (χ4v) is 0.530. The lowest BCUT2D eigenvalue weighted by Crippen LogP contribution is -2.40. The molecule has 0 atom stereocenters. The van der Waals surface area contributed by atoms with Gasteiger partial charge in [0.15, 0.2) is 6.10 Å². The summed E-state index contributed by atoms with van der Waals surface area (Å²) in [5, 5.41) is 0. The van der Waals surface area contributed by atoms with Crippen LogP contribution in [0.4, 0.5) is 4.79 Å². The Balaban J connectivity index is 2.17. The summed E-state index contributed by atoms with van der Waals surface area (Å²) in [7, 11) is 3.31. The number of rotatable bonds is 1. The van der Waals surface area contributed by atoms with Gasteiger partial charge in [-0.25, -0.2) is 4.79 Å². The highest BCUT2D eigenvalue weighted by molar-refractivity contribution is 5.67. The average Bonchev–Trinajstić information content (AvgIpc) is 1.77. The van der Waals surface area contributed by atoms with Gasteiger partial charge in [0.05, 0.1) is 13.2 Å². The van der Waals surface area contributed by atoms with Crippen LogP contribution in [0.2, 0.25) is 0 Å². The standard InChI is InChI=1S/C6H11NO3/c1-7(2)6(8)10-5-3-9-4-5/h5H,3-4H2,1-2H3. The zero-order valence-corrected chi connectivity index (χ0v) is 6.16. The Bertz CT molecular complexity index is 131. The Morgan fingerprint density at radius 2 is 2.20 bits per heavy atom. The van der Waals surface area contributed by atoms with Crippen molar-refractivity contribution in [2.45, 2.75) is 6.10 Å². The topological polar surface area (TPSA) is 38.8 Å². The molecule has 0 aromatic carbocycles. The Morgan fingerprint density at radius 3 is 2.50 bits per heavy atom. The summed E-state index contributed by atoms with van der Waals surface area (Å²) in [6, 6.07) is 0. The summed E-state index contributed by atoms with van der Waals surface area (Å²) < 4.78 is 9.73. The molecule has 4 nitrogen and oxygen atoms in total. The number of carbonyl (C=O) groups excluding carboxylic acids is 1. The molecule has 0 aromatic heterocycles. The molecule has 0 aliphatic carbocycles. The van der Waals surface area contributed by atoms with E-state index in [-0.39, 0.29) is 12.2 Å². The van der Waals surface area contributed by atoms with Gasteiger partial charge in [-0.15, -0.1) is 0 Å². The molecule has 0 saturated carbocycles. The van der Waals surface area contributed by atoms with Crippen LogP contribution < -0.4 is 0 Å². The third-order valence-corrected chi connectivity index (χ3v) is 1.24. The van der Waals surface area contributed by atoms with Gasteiger partial charge in [0, 0.05) is 14.1 Å². The summed E-state index contributed by atoms with van der Waals surface area (Å²) in [5.41, 5.74) is 0. The molecule has 1 aliphatic heterocycles. The van der Waals surface area contributed by atoms with Crippen LogP contribution in [0.1, 0.15) is 0 Å². The van der Waals surface area contributed by atoms with E-state index in [1.54, 1.807) is 14.1 Å². The quantitative estimate of drug-likeness (QED) is 0.524. The van der Waals surface area contributed by atoms with Gasteiger partial charge < -0.3 is 14.4 Å². The van der Waals surface area contributed by atoms with Crippen molar-refractivity contribution >= 4 is 6.09 Å². The van der Waals surface area contributed by atoms with Crippen molar-refractivity contribution in [3.05, 3.63) is 0 Å². The maximum atomic E-state index is 10.8. The van der Waals surface area contributed by atoms with Crippen molar-refractivity contribution in [1.29, 1.82) is 0 Å². The van der Waals surface area contributed by atoms with E-state index in [4.69, 9.17) is 9.47 Å². The molecule has 1 rings (SSSR count). The van der Waals surface area contributed by atoms with E-state index in [0.29, 0.717) is 13.2 Å². The highest BCUT2D eigenvalue weighted by Gasteiger charge is 2.23.